The molecule has 2 heteroatoms. The summed E-state index contributed by atoms with van der Waals surface area (Å²) in [5.74, 6) is 0. The van der Waals surface area contributed by atoms with Gasteiger partial charge in [-0.15, -0.1) is 0 Å². The summed E-state index contributed by atoms with van der Waals surface area (Å²) in [6.45, 7) is 6.83. The molecule has 1 aromatic rings. The molecule has 0 amide bonds. The fourth-order valence-corrected chi connectivity index (χ4v) is 1.47. The number of nitrogens with two attached hydrogens (primary N) is 1. The Labute approximate surface area is 92.4 Å². The van der Waals surface area contributed by atoms with E-state index in [9.17, 15) is 0 Å². The normalized spacial score (nSPS) is 15.3. The van der Waals surface area contributed by atoms with E-state index in [-0.39, 0.29) is 11.6 Å². The number of hydrogen-bond donors (Lipinski definition) is 1. The molecular weight excluding hydrogens is 186 g/mol. The molecular formula is C13H21NO. The third kappa shape index (κ3) is 4.02. The van der Waals surface area contributed by atoms with E-state index in [0.717, 1.165) is 12.0 Å². The zero-order valence-electron chi connectivity index (χ0n) is 9.86. The smallest absolute Gasteiger partial charge is 0.0518 e. The van der Waals surface area contributed by atoms with Gasteiger partial charge in [-0.3, -0.25) is 0 Å². The van der Waals surface area contributed by atoms with Crippen LogP contribution in [0, 0.1) is 0 Å². The highest BCUT2D eigenvalue weighted by Crippen LogP contribution is 2.21. The SMILES string of the molecule is CC(C)OCCC(C)(N)c1ccccc1. The lowest BCUT2D eigenvalue weighted by Crippen LogP contribution is -2.34. The van der Waals surface area contributed by atoms with E-state index in [2.05, 4.69) is 12.1 Å². The van der Waals surface area contributed by atoms with E-state index in [1.54, 1.807) is 0 Å². The molecule has 2 nitrogen and oxygen atoms in total. The molecule has 1 aromatic carbocycles. The summed E-state index contributed by atoms with van der Waals surface area (Å²) in [4.78, 5) is 0. The van der Waals surface area contributed by atoms with Crippen molar-refractivity contribution in [3.63, 3.8) is 0 Å². The molecule has 0 aliphatic carbocycles. The third-order valence-corrected chi connectivity index (χ3v) is 2.51. The van der Waals surface area contributed by atoms with E-state index in [4.69, 9.17) is 10.5 Å². The van der Waals surface area contributed by atoms with Crippen LogP contribution in [0.3, 0.4) is 0 Å². The van der Waals surface area contributed by atoms with Crippen LogP contribution < -0.4 is 5.73 Å². The standard InChI is InChI=1S/C13H21NO/c1-11(2)15-10-9-13(3,14)12-7-5-4-6-8-12/h4-8,11H,9-10,14H2,1-3H3. The van der Waals surface area contributed by atoms with Gasteiger partial charge in [-0.25, -0.2) is 0 Å². The molecule has 1 rings (SSSR count). The number of hydrogen-bond acceptors (Lipinski definition) is 2. The zero-order valence-corrected chi connectivity index (χ0v) is 9.86. The summed E-state index contributed by atoms with van der Waals surface area (Å²) in [6, 6.07) is 10.2. The first kappa shape index (κ1) is 12.2. The molecule has 0 saturated heterocycles. The zero-order chi connectivity index (χ0) is 11.3. The van der Waals surface area contributed by atoms with Gasteiger partial charge in [0.1, 0.15) is 0 Å². The van der Waals surface area contributed by atoms with Crippen molar-refractivity contribution in [3.8, 4) is 0 Å². The maximum Gasteiger partial charge on any atom is 0.0518 e. The van der Waals surface area contributed by atoms with Crippen LogP contribution in [0.2, 0.25) is 0 Å². The molecule has 0 spiro atoms. The molecule has 0 saturated carbocycles. The fraction of sp³-hybridized carbons (Fsp3) is 0.538. The summed E-state index contributed by atoms with van der Waals surface area (Å²) >= 11 is 0. The van der Waals surface area contributed by atoms with Gasteiger partial charge >= 0.3 is 0 Å². The molecule has 0 fully saturated rings. The Morgan fingerprint density at radius 2 is 1.87 bits per heavy atom. The second-order valence-electron chi connectivity index (χ2n) is 4.45. The van der Waals surface area contributed by atoms with Crippen molar-refractivity contribution in [2.24, 2.45) is 5.73 Å². The average molecular weight is 207 g/mol. The van der Waals surface area contributed by atoms with E-state index in [1.807, 2.05) is 39.0 Å². The van der Waals surface area contributed by atoms with Gasteiger partial charge in [0.15, 0.2) is 0 Å². The average Bonchev–Trinajstić information content (AvgIpc) is 2.18. The maximum absolute atomic E-state index is 6.24. The van der Waals surface area contributed by atoms with Gasteiger partial charge in [-0.05, 0) is 32.8 Å². The van der Waals surface area contributed by atoms with E-state index in [0.29, 0.717) is 6.61 Å². The summed E-state index contributed by atoms with van der Waals surface area (Å²) in [6.07, 6.45) is 1.12. The minimum atomic E-state index is -0.295. The van der Waals surface area contributed by atoms with E-state index in [1.165, 1.54) is 0 Å². The van der Waals surface area contributed by atoms with Crippen LogP contribution in [0.5, 0.6) is 0 Å². The molecule has 0 bridgehead atoms. The van der Waals surface area contributed by atoms with Gasteiger partial charge in [0, 0.05) is 12.1 Å². The quantitative estimate of drug-likeness (QED) is 0.805. The van der Waals surface area contributed by atoms with Gasteiger partial charge in [0.05, 0.1) is 6.10 Å². The van der Waals surface area contributed by atoms with Crippen LogP contribution in [-0.4, -0.2) is 12.7 Å². The van der Waals surface area contributed by atoms with Gasteiger partial charge in [0.25, 0.3) is 0 Å². The molecule has 2 N–H and O–H groups in total. The van der Waals surface area contributed by atoms with Gasteiger partial charge in [-0.2, -0.15) is 0 Å². The molecule has 1 atom stereocenters. The Morgan fingerprint density at radius 1 is 1.27 bits per heavy atom. The highest BCUT2D eigenvalue weighted by atomic mass is 16.5. The van der Waals surface area contributed by atoms with E-state index >= 15 is 0 Å². The molecule has 84 valence electrons. The highest BCUT2D eigenvalue weighted by molar-refractivity contribution is 5.22. The van der Waals surface area contributed by atoms with Crippen LogP contribution in [-0.2, 0) is 10.3 Å². The fourth-order valence-electron chi connectivity index (χ4n) is 1.47. The highest BCUT2D eigenvalue weighted by Gasteiger charge is 2.20. The van der Waals surface area contributed by atoms with E-state index < -0.39 is 0 Å². The monoisotopic (exact) mass is 207 g/mol. The van der Waals surface area contributed by atoms with Gasteiger partial charge < -0.3 is 10.5 Å². The predicted molar refractivity (Wildman–Crippen MR) is 63.7 cm³/mol. The number of ether oxygens (including phenoxy) is 1. The van der Waals surface area contributed by atoms with Crippen LogP contribution in [0.1, 0.15) is 32.8 Å². The Kier molecular flexibility index (Phi) is 4.30. The van der Waals surface area contributed by atoms with Crippen LogP contribution in [0.4, 0.5) is 0 Å². The first-order valence-electron chi connectivity index (χ1n) is 5.48. The first-order valence-corrected chi connectivity index (χ1v) is 5.48. The first-order chi connectivity index (χ1) is 7.02. The lowest BCUT2D eigenvalue weighted by atomic mass is 9.90. The number of benzene rings is 1. The Balaban J connectivity index is 2.52. The number of rotatable bonds is 5. The molecule has 0 aliphatic heterocycles. The topological polar surface area (TPSA) is 35.2 Å². The maximum atomic E-state index is 6.24. The molecule has 15 heavy (non-hydrogen) atoms. The molecule has 0 radical (unpaired) electrons. The van der Waals surface area contributed by atoms with Crippen molar-refractivity contribution >= 4 is 0 Å². The second kappa shape index (κ2) is 5.29. The van der Waals surface area contributed by atoms with Crippen molar-refractivity contribution in [1.82, 2.24) is 0 Å². The summed E-state index contributed by atoms with van der Waals surface area (Å²) in [5.41, 5.74) is 7.11. The predicted octanol–water partition coefficient (Wildman–Crippen LogP) is 2.68. The Morgan fingerprint density at radius 3 is 2.40 bits per heavy atom. The second-order valence-corrected chi connectivity index (χ2v) is 4.45. The minimum absolute atomic E-state index is 0.275. The summed E-state index contributed by atoms with van der Waals surface area (Å²) in [5, 5.41) is 0. The van der Waals surface area contributed by atoms with Crippen LogP contribution in [0.15, 0.2) is 30.3 Å². The largest absolute Gasteiger partial charge is 0.379 e. The van der Waals surface area contributed by atoms with Crippen molar-refractivity contribution < 1.29 is 4.74 Å². The van der Waals surface area contributed by atoms with Crippen molar-refractivity contribution in [2.45, 2.75) is 38.8 Å². The lowest BCUT2D eigenvalue weighted by molar-refractivity contribution is 0.0660. The van der Waals surface area contributed by atoms with Crippen molar-refractivity contribution in [2.75, 3.05) is 6.61 Å². The summed E-state index contributed by atoms with van der Waals surface area (Å²) < 4.78 is 5.52. The minimum Gasteiger partial charge on any atom is -0.379 e. The summed E-state index contributed by atoms with van der Waals surface area (Å²) in [7, 11) is 0. The van der Waals surface area contributed by atoms with Crippen molar-refractivity contribution in [3.05, 3.63) is 35.9 Å². The molecule has 1 unspecified atom stereocenters. The van der Waals surface area contributed by atoms with Crippen LogP contribution in [0.25, 0.3) is 0 Å². The van der Waals surface area contributed by atoms with Crippen LogP contribution >= 0.6 is 0 Å². The molecule has 0 aromatic heterocycles. The molecule has 0 heterocycles. The Bertz CT molecular complexity index is 280. The van der Waals surface area contributed by atoms with Gasteiger partial charge in [-0.1, -0.05) is 30.3 Å². The molecule has 0 aliphatic rings. The van der Waals surface area contributed by atoms with Crippen molar-refractivity contribution in [1.29, 1.82) is 0 Å². The lowest BCUT2D eigenvalue weighted by Gasteiger charge is -2.25. The third-order valence-electron chi connectivity index (χ3n) is 2.51. The Hall–Kier alpha value is -0.860. The van der Waals surface area contributed by atoms with Gasteiger partial charge in [0.2, 0.25) is 0 Å².